The summed E-state index contributed by atoms with van der Waals surface area (Å²) in [5.41, 5.74) is 1.57. The van der Waals surface area contributed by atoms with Gasteiger partial charge in [-0.2, -0.15) is 0 Å². The predicted molar refractivity (Wildman–Crippen MR) is 94.0 cm³/mol. The molecule has 0 aliphatic rings. The maximum Gasteiger partial charge on any atom is 0.261 e. The van der Waals surface area contributed by atoms with Gasteiger partial charge in [0.1, 0.15) is 11.6 Å². The number of para-hydroxylation sites is 1. The third-order valence-electron chi connectivity index (χ3n) is 3.15. The quantitative estimate of drug-likeness (QED) is 0.590. The zero-order valence-corrected chi connectivity index (χ0v) is 14.2. The molecule has 0 bridgehead atoms. The van der Waals surface area contributed by atoms with Gasteiger partial charge in [0.2, 0.25) is 0 Å². The third kappa shape index (κ3) is 6.63. The van der Waals surface area contributed by atoms with Gasteiger partial charge in [-0.1, -0.05) is 29.4 Å². The Balaban J connectivity index is 1.77. The molecule has 132 valence electrons. The van der Waals surface area contributed by atoms with Gasteiger partial charge in [0.05, 0.1) is 12.3 Å². The van der Waals surface area contributed by atoms with Crippen LogP contribution in [-0.2, 0) is 16.2 Å². The molecule has 5 nitrogen and oxygen atoms in total. The van der Waals surface area contributed by atoms with E-state index in [4.69, 9.17) is 9.57 Å². The average molecular weight is 344 g/mol. The molecule has 0 fully saturated rings. The van der Waals surface area contributed by atoms with Gasteiger partial charge < -0.3 is 14.9 Å². The van der Waals surface area contributed by atoms with Crippen LogP contribution in [0.15, 0.2) is 53.7 Å². The Labute approximate surface area is 146 Å². The fourth-order valence-electron chi connectivity index (χ4n) is 1.99. The van der Waals surface area contributed by atoms with Crippen LogP contribution in [0.4, 0.5) is 4.39 Å². The first kappa shape index (κ1) is 18.4. The lowest BCUT2D eigenvalue weighted by atomic mass is 10.2. The van der Waals surface area contributed by atoms with Crippen molar-refractivity contribution in [3.8, 4) is 5.75 Å². The van der Waals surface area contributed by atoms with E-state index in [1.807, 2.05) is 38.1 Å². The van der Waals surface area contributed by atoms with E-state index in [9.17, 15) is 9.18 Å². The standard InChI is InChI=1S/C19H21FN2O3/c1-14(2)25-18-6-4-3-5-16(18)12-22-24-13-19(23)21-11-15-7-9-17(20)10-8-15/h3-10,12,14H,11,13H2,1-2H3,(H,21,23)/b22-12+. The summed E-state index contributed by atoms with van der Waals surface area (Å²) >= 11 is 0. The smallest absolute Gasteiger partial charge is 0.261 e. The molecule has 0 spiro atoms. The van der Waals surface area contributed by atoms with E-state index >= 15 is 0 Å². The van der Waals surface area contributed by atoms with Gasteiger partial charge in [0, 0.05) is 12.1 Å². The van der Waals surface area contributed by atoms with Crippen LogP contribution in [0.2, 0.25) is 0 Å². The second-order valence-electron chi connectivity index (χ2n) is 5.62. The number of ether oxygens (including phenoxy) is 1. The first-order chi connectivity index (χ1) is 12.0. The Hall–Kier alpha value is -2.89. The van der Waals surface area contributed by atoms with Crippen molar-refractivity contribution in [2.75, 3.05) is 6.61 Å². The molecule has 2 rings (SSSR count). The number of benzene rings is 2. The Morgan fingerprint density at radius 3 is 2.64 bits per heavy atom. The highest BCUT2D eigenvalue weighted by Gasteiger charge is 2.04. The SMILES string of the molecule is CC(C)Oc1ccccc1/C=N/OCC(=O)NCc1ccc(F)cc1. The number of hydrogen-bond donors (Lipinski definition) is 1. The number of carbonyl (C=O) groups is 1. The molecule has 25 heavy (non-hydrogen) atoms. The maximum absolute atomic E-state index is 12.8. The van der Waals surface area contributed by atoms with E-state index in [-0.39, 0.29) is 24.4 Å². The normalized spacial score (nSPS) is 10.9. The van der Waals surface area contributed by atoms with E-state index < -0.39 is 0 Å². The monoisotopic (exact) mass is 344 g/mol. The topological polar surface area (TPSA) is 59.9 Å². The Bertz CT molecular complexity index is 715. The maximum atomic E-state index is 12.8. The predicted octanol–water partition coefficient (Wildman–Crippen LogP) is 3.28. The number of carbonyl (C=O) groups excluding carboxylic acids is 1. The second kappa shape index (κ2) is 9.42. The summed E-state index contributed by atoms with van der Waals surface area (Å²) in [6.45, 7) is 3.98. The van der Waals surface area contributed by atoms with Crippen molar-refractivity contribution in [3.05, 3.63) is 65.5 Å². The number of hydrogen-bond acceptors (Lipinski definition) is 4. The molecule has 0 atom stereocenters. The number of nitrogens with zero attached hydrogens (tertiary/aromatic N) is 1. The first-order valence-corrected chi connectivity index (χ1v) is 7.97. The minimum Gasteiger partial charge on any atom is -0.490 e. The van der Waals surface area contributed by atoms with Gasteiger partial charge in [-0.15, -0.1) is 0 Å². The number of amides is 1. The molecule has 0 radical (unpaired) electrons. The summed E-state index contributed by atoms with van der Waals surface area (Å²) < 4.78 is 18.5. The van der Waals surface area contributed by atoms with E-state index in [0.717, 1.165) is 11.1 Å². The van der Waals surface area contributed by atoms with Crippen LogP contribution >= 0.6 is 0 Å². The minimum atomic E-state index is -0.312. The number of nitrogens with one attached hydrogen (secondary N) is 1. The molecule has 0 aromatic heterocycles. The van der Waals surface area contributed by atoms with Crippen LogP contribution in [0, 0.1) is 5.82 Å². The van der Waals surface area contributed by atoms with Crippen LogP contribution in [0.3, 0.4) is 0 Å². The Morgan fingerprint density at radius 1 is 1.20 bits per heavy atom. The van der Waals surface area contributed by atoms with Crippen LogP contribution in [0.5, 0.6) is 5.75 Å². The zero-order valence-electron chi connectivity index (χ0n) is 14.2. The molecule has 0 heterocycles. The van der Waals surface area contributed by atoms with Crippen LogP contribution in [0.1, 0.15) is 25.0 Å². The van der Waals surface area contributed by atoms with Gasteiger partial charge in [0.15, 0.2) is 6.61 Å². The van der Waals surface area contributed by atoms with Gasteiger partial charge in [-0.3, -0.25) is 4.79 Å². The van der Waals surface area contributed by atoms with Crippen LogP contribution < -0.4 is 10.1 Å². The highest BCUT2D eigenvalue weighted by atomic mass is 19.1. The lowest BCUT2D eigenvalue weighted by Crippen LogP contribution is -2.26. The van der Waals surface area contributed by atoms with Gasteiger partial charge in [-0.25, -0.2) is 4.39 Å². The van der Waals surface area contributed by atoms with E-state index in [2.05, 4.69) is 10.5 Å². The molecular formula is C19H21FN2O3. The number of oxime groups is 1. The molecular weight excluding hydrogens is 323 g/mol. The highest BCUT2D eigenvalue weighted by Crippen LogP contribution is 2.17. The highest BCUT2D eigenvalue weighted by molar-refractivity contribution is 5.83. The van der Waals surface area contributed by atoms with Crippen molar-refractivity contribution in [1.82, 2.24) is 5.32 Å². The lowest BCUT2D eigenvalue weighted by molar-refractivity contribution is -0.125. The Morgan fingerprint density at radius 2 is 1.92 bits per heavy atom. The second-order valence-corrected chi connectivity index (χ2v) is 5.62. The van der Waals surface area contributed by atoms with Crippen molar-refractivity contribution >= 4 is 12.1 Å². The lowest BCUT2D eigenvalue weighted by Gasteiger charge is -2.11. The molecule has 0 saturated carbocycles. The molecule has 1 N–H and O–H groups in total. The van der Waals surface area contributed by atoms with Crippen molar-refractivity contribution in [2.24, 2.45) is 5.16 Å². The average Bonchev–Trinajstić information content (AvgIpc) is 2.59. The third-order valence-corrected chi connectivity index (χ3v) is 3.15. The zero-order chi connectivity index (χ0) is 18.1. The van der Waals surface area contributed by atoms with E-state index in [1.165, 1.54) is 18.3 Å². The Kier molecular flexibility index (Phi) is 6.95. The molecule has 2 aromatic carbocycles. The molecule has 2 aromatic rings. The summed E-state index contributed by atoms with van der Waals surface area (Å²) in [6.07, 6.45) is 1.55. The number of halogens is 1. The van der Waals surface area contributed by atoms with Gasteiger partial charge in [-0.05, 0) is 43.7 Å². The van der Waals surface area contributed by atoms with Crippen LogP contribution in [-0.4, -0.2) is 24.8 Å². The summed E-state index contributed by atoms with van der Waals surface area (Å²) in [7, 11) is 0. The molecule has 0 unspecified atom stereocenters. The van der Waals surface area contributed by atoms with Crippen molar-refractivity contribution in [3.63, 3.8) is 0 Å². The van der Waals surface area contributed by atoms with Gasteiger partial charge in [0.25, 0.3) is 5.91 Å². The summed E-state index contributed by atoms with van der Waals surface area (Å²) in [5, 5.41) is 6.47. The van der Waals surface area contributed by atoms with Gasteiger partial charge >= 0.3 is 0 Å². The van der Waals surface area contributed by atoms with E-state index in [1.54, 1.807) is 12.1 Å². The molecule has 0 saturated heterocycles. The van der Waals surface area contributed by atoms with Crippen molar-refractivity contribution in [2.45, 2.75) is 26.5 Å². The molecule has 0 aliphatic carbocycles. The van der Waals surface area contributed by atoms with Crippen LogP contribution in [0.25, 0.3) is 0 Å². The largest absolute Gasteiger partial charge is 0.490 e. The molecule has 6 heteroatoms. The molecule has 1 amide bonds. The summed E-state index contributed by atoms with van der Waals surface area (Å²) in [4.78, 5) is 16.7. The summed E-state index contributed by atoms with van der Waals surface area (Å²) in [5.74, 6) is 0.0771. The first-order valence-electron chi connectivity index (χ1n) is 7.97. The minimum absolute atomic E-state index is 0.0488. The van der Waals surface area contributed by atoms with Crippen molar-refractivity contribution < 1.29 is 18.8 Å². The number of rotatable bonds is 8. The fraction of sp³-hybridized carbons (Fsp3) is 0.263. The molecule has 0 aliphatic heterocycles. The summed E-state index contributed by atoms with van der Waals surface area (Å²) in [6, 6.07) is 13.3. The van der Waals surface area contributed by atoms with E-state index in [0.29, 0.717) is 12.3 Å². The fourth-order valence-corrected chi connectivity index (χ4v) is 1.99. The van der Waals surface area contributed by atoms with Crippen molar-refractivity contribution in [1.29, 1.82) is 0 Å².